The van der Waals surface area contributed by atoms with Gasteiger partial charge in [0.05, 0.1) is 18.1 Å². The molecular weight excluding hydrogens is 394 g/mol. The minimum absolute atomic E-state index is 0.118. The van der Waals surface area contributed by atoms with Gasteiger partial charge in [-0.1, -0.05) is 103 Å². The Bertz CT molecular complexity index is 405. The summed E-state index contributed by atoms with van der Waals surface area (Å²) < 4.78 is 5.62. The van der Waals surface area contributed by atoms with Gasteiger partial charge in [0.2, 0.25) is 0 Å². The van der Waals surface area contributed by atoms with Crippen molar-refractivity contribution < 1.29 is 24.9 Å². The fourth-order valence-electron chi connectivity index (χ4n) is 3.87. The summed E-state index contributed by atoms with van der Waals surface area (Å²) in [5, 5.41) is 28.4. The highest BCUT2D eigenvalue weighted by molar-refractivity contribution is 5.70. The molecule has 0 radical (unpaired) electrons. The number of ether oxygens (including phenoxy) is 1. The molecule has 0 saturated heterocycles. The molecule has 0 aromatic carbocycles. The first-order chi connectivity index (χ1) is 14.9. The minimum atomic E-state index is -1.49. The molecule has 0 aliphatic heterocycles. The quantitative estimate of drug-likeness (QED) is 0.124. The van der Waals surface area contributed by atoms with Crippen LogP contribution in [0.15, 0.2) is 0 Å². The molecule has 0 heterocycles. The lowest BCUT2D eigenvalue weighted by molar-refractivity contribution is -0.148. The lowest BCUT2D eigenvalue weighted by atomic mass is 9.97. The predicted molar refractivity (Wildman–Crippen MR) is 127 cm³/mol. The van der Waals surface area contributed by atoms with Gasteiger partial charge in [-0.25, -0.2) is 0 Å². The number of aliphatic hydroxyl groups is 2. The van der Waals surface area contributed by atoms with Crippen LogP contribution in [0.3, 0.4) is 0 Å². The van der Waals surface area contributed by atoms with E-state index in [4.69, 9.17) is 15.6 Å². The number of carboxylic acid groups (broad SMARTS) is 1. The zero-order chi connectivity index (χ0) is 23.3. The minimum Gasteiger partial charge on any atom is -0.481 e. The van der Waals surface area contributed by atoms with E-state index < -0.39 is 30.3 Å². The van der Waals surface area contributed by atoms with Gasteiger partial charge < -0.3 is 25.8 Å². The second-order valence-corrected chi connectivity index (χ2v) is 9.12. The third-order valence-corrected chi connectivity index (χ3v) is 6.15. The molecule has 31 heavy (non-hydrogen) atoms. The first kappa shape index (κ1) is 30.3. The van der Waals surface area contributed by atoms with Crippen molar-refractivity contribution in [3.63, 3.8) is 0 Å². The topological polar surface area (TPSA) is 113 Å². The number of hydrogen-bond donors (Lipinski definition) is 4. The number of carbonyl (C=O) groups is 1. The smallest absolute Gasteiger partial charge is 0.310 e. The van der Waals surface area contributed by atoms with E-state index in [1.54, 1.807) is 6.92 Å². The molecule has 0 bridgehead atoms. The summed E-state index contributed by atoms with van der Waals surface area (Å²) in [6.45, 7) is 4.54. The van der Waals surface area contributed by atoms with E-state index >= 15 is 0 Å². The van der Waals surface area contributed by atoms with Crippen molar-refractivity contribution in [1.82, 2.24) is 0 Å². The number of unbranched alkanes of at least 4 members (excludes halogenated alkanes) is 15. The van der Waals surface area contributed by atoms with Crippen LogP contribution in [0.1, 0.15) is 123 Å². The number of aliphatic carboxylic acids is 1. The molecule has 0 fully saturated rings. The second kappa shape index (κ2) is 21.2. The predicted octanol–water partition coefficient (Wildman–Crippen LogP) is 5.38. The molecule has 0 aliphatic rings. The molecule has 186 valence electrons. The van der Waals surface area contributed by atoms with E-state index in [0.717, 1.165) is 12.8 Å². The van der Waals surface area contributed by atoms with Crippen molar-refractivity contribution >= 4 is 5.97 Å². The van der Waals surface area contributed by atoms with Gasteiger partial charge in [-0.2, -0.15) is 0 Å². The maximum atomic E-state index is 11.0. The number of rotatable bonds is 23. The first-order valence-electron chi connectivity index (χ1n) is 12.9. The molecule has 4 atom stereocenters. The summed E-state index contributed by atoms with van der Waals surface area (Å²) in [6, 6.07) is 0. The van der Waals surface area contributed by atoms with Gasteiger partial charge in [0.25, 0.3) is 0 Å². The summed E-state index contributed by atoms with van der Waals surface area (Å²) in [4.78, 5) is 11.0. The van der Waals surface area contributed by atoms with Crippen LogP contribution >= 0.6 is 0 Å². The van der Waals surface area contributed by atoms with Crippen molar-refractivity contribution in [2.45, 2.75) is 141 Å². The first-order valence-corrected chi connectivity index (χ1v) is 12.9. The summed E-state index contributed by atoms with van der Waals surface area (Å²) >= 11 is 0. The number of carboxylic acids is 1. The van der Waals surface area contributed by atoms with Gasteiger partial charge in [-0.15, -0.1) is 0 Å². The molecule has 6 nitrogen and oxygen atoms in total. The maximum Gasteiger partial charge on any atom is 0.310 e. The summed E-state index contributed by atoms with van der Waals surface area (Å²) in [6.07, 6.45) is 18.1. The lowest BCUT2D eigenvalue weighted by Crippen LogP contribution is -2.40. The normalized spacial score (nSPS) is 15.5. The monoisotopic (exact) mass is 445 g/mol. The van der Waals surface area contributed by atoms with Gasteiger partial charge in [-0.3, -0.25) is 4.79 Å². The van der Waals surface area contributed by atoms with Gasteiger partial charge in [0.1, 0.15) is 6.23 Å². The Balaban J connectivity index is 3.43. The van der Waals surface area contributed by atoms with Crippen molar-refractivity contribution in [3.05, 3.63) is 0 Å². The fourth-order valence-corrected chi connectivity index (χ4v) is 3.87. The molecule has 6 heteroatoms. The van der Waals surface area contributed by atoms with Gasteiger partial charge in [0.15, 0.2) is 0 Å². The van der Waals surface area contributed by atoms with E-state index in [9.17, 15) is 15.0 Å². The zero-order valence-electron chi connectivity index (χ0n) is 20.3. The summed E-state index contributed by atoms with van der Waals surface area (Å²) in [5.41, 5.74) is 5.25. The Morgan fingerprint density at radius 1 is 0.774 bits per heavy atom. The molecule has 0 spiro atoms. The van der Waals surface area contributed by atoms with Crippen molar-refractivity contribution in [2.24, 2.45) is 11.7 Å². The van der Waals surface area contributed by atoms with Gasteiger partial charge in [-0.05, 0) is 19.8 Å². The van der Waals surface area contributed by atoms with Crippen molar-refractivity contribution in [1.29, 1.82) is 0 Å². The highest BCUT2D eigenvalue weighted by Crippen LogP contribution is 2.16. The molecule has 4 unspecified atom stereocenters. The maximum absolute atomic E-state index is 11.0. The average molecular weight is 446 g/mol. The lowest BCUT2D eigenvalue weighted by Gasteiger charge is -2.23. The van der Waals surface area contributed by atoms with Crippen LogP contribution in [0.5, 0.6) is 0 Å². The number of hydrogen-bond acceptors (Lipinski definition) is 5. The van der Waals surface area contributed by atoms with Crippen LogP contribution < -0.4 is 5.73 Å². The molecule has 5 N–H and O–H groups in total. The van der Waals surface area contributed by atoms with E-state index in [0.29, 0.717) is 6.61 Å². The SMILES string of the molecule is CCCCCCCCCCCCCCCCCCOC(C)C(O)CC(C(=O)O)C(N)O. The number of nitrogens with two attached hydrogens (primary N) is 1. The van der Waals surface area contributed by atoms with Gasteiger partial charge in [0, 0.05) is 6.61 Å². The van der Waals surface area contributed by atoms with E-state index in [1.165, 1.54) is 89.9 Å². The zero-order valence-corrected chi connectivity index (χ0v) is 20.3. The third-order valence-electron chi connectivity index (χ3n) is 6.15. The molecular formula is C25H51NO5. The third kappa shape index (κ3) is 18.6. The van der Waals surface area contributed by atoms with E-state index in [1.807, 2.05) is 0 Å². The largest absolute Gasteiger partial charge is 0.481 e. The van der Waals surface area contributed by atoms with Crippen LogP contribution in [-0.4, -0.2) is 46.3 Å². The summed E-state index contributed by atoms with van der Waals surface area (Å²) in [7, 11) is 0. The molecule has 0 aromatic heterocycles. The molecule has 0 aromatic rings. The standard InChI is InChI=1S/C25H51NO5/c1-3-4-5-6-7-8-9-10-11-12-13-14-15-16-17-18-19-31-21(2)23(27)20-22(24(26)28)25(29)30/h21-24,27-28H,3-20,26H2,1-2H3,(H,29,30). The summed E-state index contributed by atoms with van der Waals surface area (Å²) in [5.74, 6) is -2.39. The molecule has 0 rings (SSSR count). The Morgan fingerprint density at radius 2 is 1.16 bits per heavy atom. The van der Waals surface area contributed by atoms with Gasteiger partial charge >= 0.3 is 5.97 Å². The van der Waals surface area contributed by atoms with Crippen LogP contribution in [0, 0.1) is 5.92 Å². The molecule has 0 aliphatic carbocycles. The molecule has 0 amide bonds. The van der Waals surface area contributed by atoms with Crippen LogP contribution in [-0.2, 0) is 9.53 Å². The van der Waals surface area contributed by atoms with Crippen LogP contribution in [0.2, 0.25) is 0 Å². The van der Waals surface area contributed by atoms with E-state index in [2.05, 4.69) is 6.92 Å². The van der Waals surface area contributed by atoms with Crippen molar-refractivity contribution in [2.75, 3.05) is 6.61 Å². The highest BCUT2D eigenvalue weighted by Gasteiger charge is 2.29. The van der Waals surface area contributed by atoms with Crippen LogP contribution in [0.4, 0.5) is 0 Å². The Kier molecular flexibility index (Phi) is 20.7. The average Bonchev–Trinajstić information content (AvgIpc) is 2.73. The highest BCUT2D eigenvalue weighted by atomic mass is 16.5. The fraction of sp³-hybridized carbons (Fsp3) is 0.960. The van der Waals surface area contributed by atoms with E-state index in [-0.39, 0.29) is 6.42 Å². The molecule has 0 saturated carbocycles. The Hall–Kier alpha value is -0.690. The van der Waals surface area contributed by atoms with Crippen molar-refractivity contribution in [3.8, 4) is 0 Å². The Labute approximate surface area is 190 Å². The van der Waals surface area contributed by atoms with Crippen LogP contribution in [0.25, 0.3) is 0 Å². The Morgan fingerprint density at radius 3 is 1.52 bits per heavy atom. The second-order valence-electron chi connectivity index (χ2n) is 9.12. The number of aliphatic hydroxyl groups excluding tert-OH is 2.